The molecule has 2 aromatic carbocycles. The van der Waals surface area contributed by atoms with Crippen LogP contribution in [0.15, 0.2) is 60.3 Å². The maximum absolute atomic E-state index is 13.0. The molecular formula is C21H24N2O3. The second kappa shape index (κ2) is 7.95. The van der Waals surface area contributed by atoms with E-state index in [0.717, 1.165) is 35.7 Å². The number of nitrogens with zero attached hydrogens (tertiary/aromatic N) is 1. The third kappa shape index (κ3) is 3.67. The van der Waals surface area contributed by atoms with Gasteiger partial charge in [-0.1, -0.05) is 13.3 Å². The highest BCUT2D eigenvalue weighted by molar-refractivity contribution is 6.10. The van der Waals surface area contributed by atoms with Gasteiger partial charge in [0.2, 0.25) is 0 Å². The normalized spacial score (nSPS) is 16.4. The lowest BCUT2D eigenvalue weighted by molar-refractivity contribution is -0.114. The number of methoxy groups -OCH3 is 2. The number of benzene rings is 2. The van der Waals surface area contributed by atoms with Crippen molar-refractivity contribution in [3.8, 4) is 11.5 Å². The van der Waals surface area contributed by atoms with E-state index in [4.69, 9.17) is 9.47 Å². The first-order valence-electron chi connectivity index (χ1n) is 8.76. The second-order valence-electron chi connectivity index (χ2n) is 6.16. The van der Waals surface area contributed by atoms with Gasteiger partial charge in [0.25, 0.3) is 5.91 Å². The number of nitrogens with one attached hydrogen (secondary N) is 1. The van der Waals surface area contributed by atoms with Gasteiger partial charge in [0.15, 0.2) is 0 Å². The first-order valence-corrected chi connectivity index (χ1v) is 8.76. The zero-order valence-corrected chi connectivity index (χ0v) is 15.4. The van der Waals surface area contributed by atoms with Crippen LogP contribution in [0.3, 0.4) is 0 Å². The molecule has 1 aliphatic rings. The number of carbonyl (C=O) groups is 1. The first-order chi connectivity index (χ1) is 12.7. The van der Waals surface area contributed by atoms with Gasteiger partial charge < -0.3 is 19.7 Å². The van der Waals surface area contributed by atoms with Gasteiger partial charge in [0, 0.05) is 11.4 Å². The van der Waals surface area contributed by atoms with Crippen molar-refractivity contribution in [1.29, 1.82) is 0 Å². The third-order valence-electron chi connectivity index (χ3n) is 4.44. The minimum atomic E-state index is -0.0237. The summed E-state index contributed by atoms with van der Waals surface area (Å²) in [4.78, 5) is 14.9. The summed E-state index contributed by atoms with van der Waals surface area (Å²) in [7, 11) is 3.27. The van der Waals surface area contributed by atoms with E-state index in [0.29, 0.717) is 5.70 Å². The number of anilines is 2. The fraction of sp³-hybridized carbons (Fsp3) is 0.286. The number of carbonyl (C=O) groups excluding carboxylic acids is 1. The summed E-state index contributed by atoms with van der Waals surface area (Å²) in [5.74, 6) is 1.53. The Labute approximate surface area is 154 Å². The molecule has 1 heterocycles. The molecule has 0 aliphatic carbocycles. The Bertz CT molecular complexity index is 782. The summed E-state index contributed by atoms with van der Waals surface area (Å²) in [5.41, 5.74) is 2.33. The van der Waals surface area contributed by atoms with Gasteiger partial charge in [-0.25, -0.2) is 0 Å². The summed E-state index contributed by atoms with van der Waals surface area (Å²) in [5, 5.41) is 3.24. The highest BCUT2D eigenvalue weighted by atomic mass is 16.5. The van der Waals surface area contributed by atoms with Crippen molar-refractivity contribution < 1.29 is 14.3 Å². The minimum Gasteiger partial charge on any atom is -0.497 e. The Morgan fingerprint density at radius 1 is 0.962 bits per heavy atom. The molecule has 0 bridgehead atoms. The largest absolute Gasteiger partial charge is 0.497 e. The van der Waals surface area contributed by atoms with Crippen molar-refractivity contribution in [2.75, 3.05) is 24.4 Å². The van der Waals surface area contributed by atoms with Crippen LogP contribution in [0.2, 0.25) is 0 Å². The molecule has 0 radical (unpaired) electrons. The van der Waals surface area contributed by atoms with Crippen LogP contribution < -0.4 is 19.7 Å². The molecule has 136 valence electrons. The van der Waals surface area contributed by atoms with Gasteiger partial charge >= 0.3 is 0 Å². The molecule has 2 aromatic rings. The fourth-order valence-corrected chi connectivity index (χ4v) is 3.10. The molecule has 5 nitrogen and oxygen atoms in total. The molecule has 26 heavy (non-hydrogen) atoms. The van der Waals surface area contributed by atoms with E-state index in [9.17, 15) is 4.79 Å². The third-order valence-corrected chi connectivity index (χ3v) is 4.44. The van der Waals surface area contributed by atoms with Crippen molar-refractivity contribution in [3.63, 3.8) is 0 Å². The van der Waals surface area contributed by atoms with E-state index in [1.165, 1.54) is 0 Å². The molecule has 1 aliphatic heterocycles. The van der Waals surface area contributed by atoms with Crippen LogP contribution >= 0.6 is 0 Å². The highest BCUT2D eigenvalue weighted by Gasteiger charge is 2.33. The molecule has 5 heteroatoms. The van der Waals surface area contributed by atoms with Gasteiger partial charge in [-0.15, -0.1) is 0 Å². The summed E-state index contributed by atoms with van der Waals surface area (Å²) in [6.07, 6.45) is 3.92. The summed E-state index contributed by atoms with van der Waals surface area (Å²) in [6.45, 7) is 2.12. The van der Waals surface area contributed by atoms with Crippen molar-refractivity contribution >= 4 is 17.3 Å². The molecule has 0 fully saturated rings. The maximum atomic E-state index is 13.0. The predicted molar refractivity (Wildman–Crippen MR) is 104 cm³/mol. The highest BCUT2D eigenvalue weighted by Crippen LogP contribution is 2.30. The monoisotopic (exact) mass is 352 g/mol. The van der Waals surface area contributed by atoms with Crippen molar-refractivity contribution in [1.82, 2.24) is 0 Å². The molecule has 1 atom stereocenters. The fourth-order valence-electron chi connectivity index (χ4n) is 3.10. The van der Waals surface area contributed by atoms with E-state index in [1.54, 1.807) is 14.2 Å². The summed E-state index contributed by atoms with van der Waals surface area (Å²) in [6, 6.07) is 15.2. The van der Waals surface area contributed by atoms with Gasteiger partial charge in [0.05, 0.1) is 20.3 Å². The lowest BCUT2D eigenvalue weighted by atomic mass is 10.1. The van der Waals surface area contributed by atoms with Gasteiger partial charge in [-0.3, -0.25) is 4.79 Å². The summed E-state index contributed by atoms with van der Waals surface area (Å²) < 4.78 is 10.4. The number of rotatable bonds is 7. The van der Waals surface area contributed by atoms with Gasteiger partial charge in [-0.05, 0) is 61.0 Å². The average molecular weight is 352 g/mol. The molecule has 0 spiro atoms. The Balaban J connectivity index is 1.82. The molecule has 1 unspecified atom stereocenters. The average Bonchev–Trinajstić information content (AvgIpc) is 2.98. The van der Waals surface area contributed by atoms with E-state index in [1.807, 2.05) is 59.5 Å². The molecule has 0 aromatic heterocycles. The quantitative estimate of drug-likeness (QED) is 0.811. The van der Waals surface area contributed by atoms with Crippen LogP contribution in [0.1, 0.15) is 19.8 Å². The Morgan fingerprint density at radius 3 is 2.08 bits per heavy atom. The second-order valence-corrected chi connectivity index (χ2v) is 6.16. The molecular weight excluding hydrogens is 328 g/mol. The zero-order chi connectivity index (χ0) is 18.5. The van der Waals surface area contributed by atoms with E-state index in [2.05, 4.69) is 12.2 Å². The van der Waals surface area contributed by atoms with Gasteiger partial charge in [-0.2, -0.15) is 0 Å². The van der Waals surface area contributed by atoms with Crippen molar-refractivity contribution in [2.24, 2.45) is 0 Å². The topological polar surface area (TPSA) is 50.8 Å². The first kappa shape index (κ1) is 17.9. The van der Waals surface area contributed by atoms with Crippen LogP contribution in [-0.2, 0) is 4.79 Å². The number of amides is 1. The predicted octanol–water partition coefficient (Wildman–Crippen LogP) is 4.22. The van der Waals surface area contributed by atoms with Crippen LogP contribution in [0.25, 0.3) is 0 Å². The smallest absolute Gasteiger partial charge is 0.274 e. The number of ether oxygens (including phenoxy) is 2. The molecule has 1 amide bonds. The SMILES string of the molecule is CCCC1C=C(Nc2ccc(OC)cc2)C(=O)N1c1ccc(OC)cc1. The standard InChI is InChI=1S/C21H24N2O3/c1-4-5-17-14-20(22-15-6-10-18(25-2)11-7-15)21(24)23(17)16-8-12-19(26-3)13-9-16/h6-14,17,22H,4-5H2,1-3H3. The van der Waals surface area contributed by atoms with Crippen LogP contribution in [0.5, 0.6) is 11.5 Å². The van der Waals surface area contributed by atoms with Crippen molar-refractivity contribution in [2.45, 2.75) is 25.8 Å². The Morgan fingerprint density at radius 2 is 1.54 bits per heavy atom. The maximum Gasteiger partial charge on any atom is 0.274 e. The van der Waals surface area contributed by atoms with Gasteiger partial charge in [0.1, 0.15) is 17.2 Å². The molecule has 1 N–H and O–H groups in total. The Hall–Kier alpha value is -2.95. The Kier molecular flexibility index (Phi) is 5.46. The van der Waals surface area contributed by atoms with Crippen LogP contribution in [0.4, 0.5) is 11.4 Å². The van der Waals surface area contributed by atoms with E-state index < -0.39 is 0 Å². The lowest BCUT2D eigenvalue weighted by Crippen LogP contribution is -2.35. The van der Waals surface area contributed by atoms with Crippen molar-refractivity contribution in [3.05, 3.63) is 60.3 Å². The zero-order valence-electron chi connectivity index (χ0n) is 15.4. The minimum absolute atomic E-state index is 0.0237. The molecule has 0 saturated carbocycles. The molecule has 3 rings (SSSR count). The van der Waals surface area contributed by atoms with E-state index >= 15 is 0 Å². The number of hydrogen-bond acceptors (Lipinski definition) is 4. The van der Waals surface area contributed by atoms with E-state index in [-0.39, 0.29) is 11.9 Å². The lowest BCUT2D eigenvalue weighted by Gasteiger charge is -2.24. The summed E-state index contributed by atoms with van der Waals surface area (Å²) >= 11 is 0. The van der Waals surface area contributed by atoms with Crippen LogP contribution in [-0.4, -0.2) is 26.2 Å². The number of hydrogen-bond donors (Lipinski definition) is 1. The van der Waals surface area contributed by atoms with Crippen LogP contribution in [0, 0.1) is 0 Å². The molecule has 0 saturated heterocycles.